The predicted octanol–water partition coefficient (Wildman–Crippen LogP) is 3.54. The molecule has 0 fully saturated rings. The number of carbonyl (C=O) groups is 1. The van der Waals surface area contributed by atoms with Crippen molar-refractivity contribution in [3.8, 4) is 0 Å². The highest BCUT2D eigenvalue weighted by Gasteiger charge is 2.05. The van der Waals surface area contributed by atoms with Crippen molar-refractivity contribution in [1.29, 1.82) is 0 Å². The van der Waals surface area contributed by atoms with Gasteiger partial charge in [-0.25, -0.2) is 0 Å². The zero-order valence-electron chi connectivity index (χ0n) is 13.1. The van der Waals surface area contributed by atoms with E-state index in [1.54, 1.807) is 0 Å². The Morgan fingerprint density at radius 3 is 2.29 bits per heavy atom. The van der Waals surface area contributed by atoms with Crippen molar-refractivity contribution in [1.82, 2.24) is 5.32 Å². The maximum Gasteiger partial charge on any atom is 0.226 e. The van der Waals surface area contributed by atoms with Crippen LogP contribution in [0.25, 0.3) is 0 Å². The van der Waals surface area contributed by atoms with Crippen LogP contribution in [0.15, 0.2) is 24.3 Å². The van der Waals surface area contributed by atoms with E-state index < -0.39 is 0 Å². The van der Waals surface area contributed by atoms with Gasteiger partial charge in [0.05, 0.1) is 0 Å². The largest absolute Gasteiger partial charge is 0.372 e. The third-order valence-electron chi connectivity index (χ3n) is 3.26. The van der Waals surface area contributed by atoms with Gasteiger partial charge in [0.2, 0.25) is 5.91 Å². The van der Waals surface area contributed by atoms with Crippen LogP contribution in [0, 0.1) is 0 Å². The summed E-state index contributed by atoms with van der Waals surface area (Å²) in [5, 5.41) is 6.08. The molecular weight excluding hydrogens is 282 g/mol. The number of nitrogens with one attached hydrogen (secondary N) is 2. The van der Waals surface area contributed by atoms with Gasteiger partial charge in [-0.1, -0.05) is 13.3 Å². The first-order valence-electron chi connectivity index (χ1n) is 7.56. The first-order valence-corrected chi connectivity index (χ1v) is 7.97. The van der Waals surface area contributed by atoms with Crippen molar-refractivity contribution < 1.29 is 4.79 Å². The SMILES string of the molecule is CCCCC(=O)NC(=S)Nc1ccc(N(CC)CC)cc1. The summed E-state index contributed by atoms with van der Waals surface area (Å²) in [5.41, 5.74) is 2.06. The second-order valence-electron chi connectivity index (χ2n) is 4.83. The van der Waals surface area contributed by atoms with Gasteiger partial charge in [-0.05, 0) is 56.8 Å². The van der Waals surface area contributed by atoms with Crippen LogP contribution in [-0.4, -0.2) is 24.1 Å². The van der Waals surface area contributed by atoms with Crippen molar-refractivity contribution >= 4 is 34.6 Å². The van der Waals surface area contributed by atoms with Gasteiger partial charge in [0, 0.05) is 30.9 Å². The van der Waals surface area contributed by atoms with Crippen LogP contribution in [0.2, 0.25) is 0 Å². The summed E-state index contributed by atoms with van der Waals surface area (Å²) in [6.07, 6.45) is 2.40. The molecule has 0 unspecified atom stereocenters. The molecule has 5 heteroatoms. The maximum atomic E-state index is 11.6. The molecule has 2 N–H and O–H groups in total. The number of anilines is 2. The minimum absolute atomic E-state index is 0.0332. The Labute approximate surface area is 132 Å². The number of benzene rings is 1. The van der Waals surface area contributed by atoms with Crippen molar-refractivity contribution in [2.45, 2.75) is 40.0 Å². The molecule has 4 nitrogen and oxygen atoms in total. The molecule has 0 spiro atoms. The van der Waals surface area contributed by atoms with Gasteiger partial charge >= 0.3 is 0 Å². The Hall–Kier alpha value is -1.62. The fourth-order valence-corrected chi connectivity index (χ4v) is 2.26. The lowest BCUT2D eigenvalue weighted by Crippen LogP contribution is -2.33. The molecule has 0 bridgehead atoms. The lowest BCUT2D eigenvalue weighted by molar-refractivity contribution is -0.119. The molecular formula is C16H25N3OS. The standard InChI is InChI=1S/C16H25N3OS/c1-4-7-8-15(20)18-16(21)17-13-9-11-14(12-10-13)19(5-2)6-3/h9-12H,4-8H2,1-3H3,(H2,17,18,20,21). The average Bonchev–Trinajstić information content (AvgIpc) is 2.48. The van der Waals surface area contributed by atoms with Gasteiger partial charge in [0.1, 0.15) is 0 Å². The molecule has 0 atom stereocenters. The highest BCUT2D eigenvalue weighted by Crippen LogP contribution is 2.17. The summed E-state index contributed by atoms with van der Waals surface area (Å²) < 4.78 is 0. The molecule has 0 saturated carbocycles. The summed E-state index contributed by atoms with van der Waals surface area (Å²) >= 11 is 5.14. The van der Waals surface area contributed by atoms with E-state index in [-0.39, 0.29) is 5.91 Å². The Balaban J connectivity index is 2.51. The highest BCUT2D eigenvalue weighted by molar-refractivity contribution is 7.80. The number of nitrogens with zero attached hydrogens (tertiary/aromatic N) is 1. The third-order valence-corrected chi connectivity index (χ3v) is 3.47. The minimum Gasteiger partial charge on any atom is -0.372 e. The van der Waals surface area contributed by atoms with Crippen molar-refractivity contribution in [3.05, 3.63) is 24.3 Å². The van der Waals surface area contributed by atoms with Gasteiger partial charge in [0.15, 0.2) is 5.11 Å². The van der Waals surface area contributed by atoms with Crippen LogP contribution >= 0.6 is 12.2 Å². The highest BCUT2D eigenvalue weighted by atomic mass is 32.1. The summed E-state index contributed by atoms with van der Waals surface area (Å²) in [6.45, 7) is 8.29. The van der Waals surface area contributed by atoms with Gasteiger partial charge in [-0.15, -0.1) is 0 Å². The Morgan fingerprint density at radius 2 is 1.76 bits per heavy atom. The van der Waals surface area contributed by atoms with Crippen LogP contribution in [0.3, 0.4) is 0 Å². The van der Waals surface area contributed by atoms with Crippen LogP contribution in [0.1, 0.15) is 40.0 Å². The Bertz CT molecular complexity index is 455. The molecule has 21 heavy (non-hydrogen) atoms. The number of carbonyl (C=O) groups excluding carboxylic acids is 1. The molecule has 0 saturated heterocycles. The van der Waals surface area contributed by atoms with Crippen LogP contribution in [0.4, 0.5) is 11.4 Å². The van der Waals surface area contributed by atoms with E-state index in [4.69, 9.17) is 12.2 Å². The summed E-state index contributed by atoms with van der Waals surface area (Å²) in [7, 11) is 0. The number of unbranched alkanes of at least 4 members (excludes halogenated alkanes) is 1. The number of amides is 1. The number of thiocarbonyl (C=S) groups is 1. The van der Waals surface area contributed by atoms with Crippen LogP contribution in [0.5, 0.6) is 0 Å². The third kappa shape index (κ3) is 6.12. The quantitative estimate of drug-likeness (QED) is 0.756. The summed E-state index contributed by atoms with van der Waals surface area (Å²) in [4.78, 5) is 13.9. The van der Waals surface area contributed by atoms with Crippen LogP contribution in [-0.2, 0) is 4.79 Å². The molecule has 0 aliphatic carbocycles. The summed E-state index contributed by atoms with van der Waals surface area (Å²) in [5.74, 6) is -0.0332. The lowest BCUT2D eigenvalue weighted by atomic mass is 10.2. The van der Waals surface area contributed by atoms with E-state index in [9.17, 15) is 4.79 Å². The molecule has 0 aromatic heterocycles. The fourth-order valence-electron chi connectivity index (χ4n) is 2.03. The second kappa shape index (κ2) is 9.34. The fraction of sp³-hybridized carbons (Fsp3) is 0.500. The molecule has 1 aromatic carbocycles. The van der Waals surface area contributed by atoms with E-state index in [1.165, 1.54) is 5.69 Å². The van der Waals surface area contributed by atoms with Crippen LogP contribution < -0.4 is 15.5 Å². The minimum atomic E-state index is -0.0332. The Kier molecular flexibility index (Phi) is 7.75. The van der Waals surface area contributed by atoms with E-state index in [0.717, 1.165) is 31.6 Å². The van der Waals surface area contributed by atoms with E-state index >= 15 is 0 Å². The average molecular weight is 307 g/mol. The zero-order valence-corrected chi connectivity index (χ0v) is 13.9. The van der Waals surface area contributed by atoms with E-state index in [1.807, 2.05) is 12.1 Å². The van der Waals surface area contributed by atoms with Crippen molar-refractivity contribution in [2.75, 3.05) is 23.3 Å². The second-order valence-corrected chi connectivity index (χ2v) is 5.23. The Morgan fingerprint density at radius 1 is 1.14 bits per heavy atom. The smallest absolute Gasteiger partial charge is 0.226 e. The zero-order chi connectivity index (χ0) is 15.7. The van der Waals surface area contributed by atoms with Gasteiger partial charge < -0.3 is 15.5 Å². The number of rotatable bonds is 7. The molecule has 116 valence electrons. The molecule has 1 aromatic rings. The van der Waals surface area contributed by atoms with Crippen molar-refractivity contribution in [3.63, 3.8) is 0 Å². The van der Waals surface area contributed by atoms with Crippen molar-refractivity contribution in [2.24, 2.45) is 0 Å². The summed E-state index contributed by atoms with van der Waals surface area (Å²) in [6, 6.07) is 8.05. The number of hydrogen-bond acceptors (Lipinski definition) is 3. The first-order chi connectivity index (χ1) is 10.1. The monoisotopic (exact) mass is 307 g/mol. The van der Waals surface area contributed by atoms with Gasteiger partial charge in [-0.2, -0.15) is 0 Å². The molecule has 0 aliphatic rings. The molecule has 1 amide bonds. The van der Waals surface area contributed by atoms with Gasteiger partial charge in [0.25, 0.3) is 0 Å². The number of hydrogen-bond donors (Lipinski definition) is 2. The van der Waals surface area contributed by atoms with Gasteiger partial charge in [-0.3, -0.25) is 4.79 Å². The molecule has 1 rings (SSSR count). The lowest BCUT2D eigenvalue weighted by Gasteiger charge is -2.21. The first kappa shape index (κ1) is 17.4. The normalized spacial score (nSPS) is 10.0. The molecule has 0 heterocycles. The maximum absolute atomic E-state index is 11.6. The van der Waals surface area contributed by atoms with E-state index in [0.29, 0.717) is 11.5 Å². The topological polar surface area (TPSA) is 44.4 Å². The predicted molar refractivity (Wildman–Crippen MR) is 93.9 cm³/mol. The molecule has 0 aliphatic heterocycles. The van der Waals surface area contributed by atoms with E-state index in [2.05, 4.69) is 48.4 Å². The molecule has 0 radical (unpaired) electrons.